The zero-order valence-corrected chi connectivity index (χ0v) is 16.0. The summed E-state index contributed by atoms with van der Waals surface area (Å²) in [4.78, 5) is 12.2. The minimum Gasteiger partial charge on any atom is -0.492 e. The molecule has 0 heterocycles. The average Bonchev–Trinajstić information content (AvgIpc) is 2.58. The van der Waals surface area contributed by atoms with E-state index in [0.29, 0.717) is 23.6 Å². The van der Waals surface area contributed by atoms with E-state index in [0.717, 1.165) is 11.8 Å². The van der Waals surface area contributed by atoms with E-state index in [-0.39, 0.29) is 19.0 Å². The van der Waals surface area contributed by atoms with Crippen LogP contribution < -0.4 is 14.4 Å². The Balaban J connectivity index is 2.12. The van der Waals surface area contributed by atoms with Gasteiger partial charge in [-0.2, -0.15) is 0 Å². The maximum atomic E-state index is 12.2. The topological polar surface area (TPSA) is 75.7 Å². The van der Waals surface area contributed by atoms with E-state index in [1.807, 2.05) is 26.0 Å². The quantitative estimate of drug-likeness (QED) is 0.768. The van der Waals surface area contributed by atoms with Crippen molar-refractivity contribution in [1.29, 1.82) is 0 Å². The van der Waals surface area contributed by atoms with Crippen LogP contribution in [0, 0.1) is 6.92 Å². The van der Waals surface area contributed by atoms with E-state index in [9.17, 15) is 13.2 Å². The van der Waals surface area contributed by atoms with Crippen molar-refractivity contribution in [3.8, 4) is 5.75 Å². The van der Waals surface area contributed by atoms with E-state index in [1.165, 1.54) is 4.31 Å². The van der Waals surface area contributed by atoms with Gasteiger partial charge in [-0.05, 0) is 38.1 Å². The molecule has 2 aromatic rings. The highest BCUT2D eigenvalue weighted by Gasteiger charge is 2.21. The van der Waals surface area contributed by atoms with Gasteiger partial charge in [0.1, 0.15) is 5.75 Å². The molecule has 1 amide bonds. The summed E-state index contributed by atoms with van der Waals surface area (Å²) in [6, 6.07) is 14.2. The molecule has 0 radical (unpaired) electrons. The Morgan fingerprint density at radius 1 is 1.15 bits per heavy atom. The van der Waals surface area contributed by atoms with Crippen LogP contribution in [0.1, 0.15) is 22.8 Å². The lowest BCUT2D eigenvalue weighted by molar-refractivity contribution is 0.0954. The van der Waals surface area contributed by atoms with Crippen LogP contribution in [-0.2, 0) is 10.0 Å². The lowest BCUT2D eigenvalue weighted by Crippen LogP contribution is -2.38. The van der Waals surface area contributed by atoms with Gasteiger partial charge < -0.3 is 10.1 Å². The van der Waals surface area contributed by atoms with Gasteiger partial charge in [0.15, 0.2) is 0 Å². The summed E-state index contributed by atoms with van der Waals surface area (Å²) in [5.74, 6) is 0.255. The van der Waals surface area contributed by atoms with Crippen molar-refractivity contribution in [2.75, 3.05) is 30.3 Å². The Kier molecular flexibility index (Phi) is 6.63. The molecule has 0 atom stereocenters. The second kappa shape index (κ2) is 8.71. The summed E-state index contributed by atoms with van der Waals surface area (Å²) in [7, 11) is -3.53. The first-order valence-electron chi connectivity index (χ1n) is 8.37. The third-order valence-corrected chi connectivity index (χ3v) is 4.89. The SMILES string of the molecule is CCOc1ccccc1N(CCNC(=O)c1cccc(C)c1)S(C)(=O)=O. The number of para-hydroxylation sites is 2. The van der Waals surface area contributed by atoms with Crippen LogP contribution in [0.25, 0.3) is 0 Å². The molecular formula is C19H24N2O4S. The first-order valence-corrected chi connectivity index (χ1v) is 10.2. The maximum absolute atomic E-state index is 12.2. The number of sulfonamides is 1. The number of nitrogens with one attached hydrogen (secondary N) is 1. The minimum absolute atomic E-state index is 0.112. The van der Waals surface area contributed by atoms with E-state index >= 15 is 0 Å². The van der Waals surface area contributed by atoms with Crippen LogP contribution in [0.5, 0.6) is 5.75 Å². The highest BCUT2D eigenvalue weighted by molar-refractivity contribution is 7.92. The van der Waals surface area contributed by atoms with E-state index in [4.69, 9.17) is 4.74 Å². The van der Waals surface area contributed by atoms with Crippen molar-refractivity contribution >= 4 is 21.6 Å². The first-order chi connectivity index (χ1) is 12.3. The second-order valence-electron chi connectivity index (χ2n) is 5.86. The van der Waals surface area contributed by atoms with Crippen molar-refractivity contribution in [2.45, 2.75) is 13.8 Å². The predicted octanol–water partition coefficient (Wildman–Crippen LogP) is 2.59. The highest BCUT2D eigenvalue weighted by Crippen LogP contribution is 2.29. The molecule has 0 aliphatic carbocycles. The highest BCUT2D eigenvalue weighted by atomic mass is 32.2. The minimum atomic E-state index is -3.53. The third kappa shape index (κ3) is 5.23. The third-order valence-electron chi connectivity index (χ3n) is 3.71. The fourth-order valence-electron chi connectivity index (χ4n) is 2.57. The number of hydrogen-bond acceptors (Lipinski definition) is 4. The number of hydrogen-bond donors (Lipinski definition) is 1. The van der Waals surface area contributed by atoms with Gasteiger partial charge in [0.05, 0.1) is 25.1 Å². The fourth-order valence-corrected chi connectivity index (χ4v) is 3.50. The molecule has 0 unspecified atom stereocenters. The molecule has 0 saturated heterocycles. The first kappa shape index (κ1) is 19.8. The van der Waals surface area contributed by atoms with Gasteiger partial charge in [-0.25, -0.2) is 8.42 Å². The Morgan fingerprint density at radius 2 is 1.88 bits per heavy atom. The fraction of sp³-hybridized carbons (Fsp3) is 0.316. The number of rotatable bonds is 8. The zero-order chi connectivity index (χ0) is 19.2. The number of aryl methyl sites for hydroxylation is 1. The largest absolute Gasteiger partial charge is 0.492 e. The van der Waals surface area contributed by atoms with Gasteiger partial charge in [0.2, 0.25) is 10.0 Å². The number of carbonyl (C=O) groups is 1. The maximum Gasteiger partial charge on any atom is 0.251 e. The van der Waals surface area contributed by atoms with Crippen molar-refractivity contribution in [3.63, 3.8) is 0 Å². The summed E-state index contributed by atoms with van der Waals surface area (Å²) in [5, 5.41) is 2.76. The molecule has 2 aromatic carbocycles. The second-order valence-corrected chi connectivity index (χ2v) is 7.77. The van der Waals surface area contributed by atoms with Gasteiger partial charge in [-0.1, -0.05) is 29.8 Å². The smallest absolute Gasteiger partial charge is 0.251 e. The van der Waals surface area contributed by atoms with Crippen LogP contribution in [0.4, 0.5) is 5.69 Å². The summed E-state index contributed by atoms with van der Waals surface area (Å²) in [5.41, 5.74) is 1.99. The molecule has 0 fully saturated rings. The molecule has 0 saturated carbocycles. The van der Waals surface area contributed by atoms with E-state index in [2.05, 4.69) is 5.32 Å². The number of nitrogens with zero attached hydrogens (tertiary/aromatic N) is 1. The summed E-state index contributed by atoms with van der Waals surface area (Å²) in [6.45, 7) is 4.47. The molecule has 7 heteroatoms. The Hall–Kier alpha value is -2.54. The predicted molar refractivity (Wildman–Crippen MR) is 103 cm³/mol. The molecule has 1 N–H and O–H groups in total. The molecule has 0 aromatic heterocycles. The number of amides is 1. The van der Waals surface area contributed by atoms with E-state index in [1.54, 1.807) is 36.4 Å². The molecule has 0 aliphatic rings. The average molecular weight is 376 g/mol. The molecule has 2 rings (SSSR count). The molecule has 6 nitrogen and oxygen atoms in total. The normalized spacial score (nSPS) is 11.0. The number of ether oxygens (including phenoxy) is 1. The zero-order valence-electron chi connectivity index (χ0n) is 15.2. The van der Waals surface area contributed by atoms with Gasteiger partial charge in [-0.3, -0.25) is 9.10 Å². The molecule has 0 aliphatic heterocycles. The van der Waals surface area contributed by atoms with Crippen LogP contribution in [0.2, 0.25) is 0 Å². The Labute approximate surface area is 154 Å². The lowest BCUT2D eigenvalue weighted by atomic mass is 10.1. The van der Waals surface area contributed by atoms with Crippen LogP contribution >= 0.6 is 0 Å². The van der Waals surface area contributed by atoms with Crippen molar-refractivity contribution in [3.05, 3.63) is 59.7 Å². The van der Waals surface area contributed by atoms with Crippen molar-refractivity contribution in [2.24, 2.45) is 0 Å². The monoisotopic (exact) mass is 376 g/mol. The number of carbonyl (C=O) groups excluding carboxylic acids is 1. The summed E-state index contributed by atoms with van der Waals surface area (Å²) in [6.07, 6.45) is 1.14. The molecule has 26 heavy (non-hydrogen) atoms. The Morgan fingerprint density at radius 3 is 2.54 bits per heavy atom. The summed E-state index contributed by atoms with van der Waals surface area (Å²) >= 11 is 0. The lowest BCUT2D eigenvalue weighted by Gasteiger charge is -2.24. The number of anilines is 1. The molecule has 0 spiro atoms. The van der Waals surface area contributed by atoms with Gasteiger partial charge in [0, 0.05) is 12.1 Å². The molecular weight excluding hydrogens is 352 g/mol. The van der Waals surface area contributed by atoms with Crippen LogP contribution in [0.3, 0.4) is 0 Å². The van der Waals surface area contributed by atoms with Crippen LogP contribution in [-0.4, -0.2) is 40.3 Å². The Bertz CT molecular complexity index is 865. The number of benzene rings is 2. The van der Waals surface area contributed by atoms with E-state index < -0.39 is 10.0 Å². The standard InChI is InChI=1S/C19H24N2O4S/c1-4-25-18-11-6-5-10-17(18)21(26(3,23)24)13-12-20-19(22)16-9-7-8-15(2)14-16/h5-11,14H,4,12-13H2,1-3H3,(H,20,22). The van der Waals surface area contributed by atoms with Crippen molar-refractivity contribution < 1.29 is 17.9 Å². The van der Waals surface area contributed by atoms with Crippen molar-refractivity contribution in [1.82, 2.24) is 5.32 Å². The molecule has 140 valence electrons. The van der Waals surface area contributed by atoms with Gasteiger partial charge in [0.25, 0.3) is 5.91 Å². The van der Waals surface area contributed by atoms with Gasteiger partial charge >= 0.3 is 0 Å². The molecule has 0 bridgehead atoms. The summed E-state index contributed by atoms with van der Waals surface area (Å²) < 4.78 is 31.2. The van der Waals surface area contributed by atoms with Crippen LogP contribution in [0.15, 0.2) is 48.5 Å². The van der Waals surface area contributed by atoms with Gasteiger partial charge in [-0.15, -0.1) is 0 Å².